The van der Waals surface area contributed by atoms with Gasteiger partial charge >= 0.3 is 0 Å². The quantitative estimate of drug-likeness (QED) is 0.796. The first-order chi connectivity index (χ1) is 9.17. The Morgan fingerprint density at radius 3 is 2.26 bits per heavy atom. The minimum Gasteiger partial charge on any atom is -0.322 e. The molecule has 1 rings (SSSR count). The van der Waals surface area contributed by atoms with E-state index in [0.29, 0.717) is 5.56 Å². The Bertz CT molecular complexity index is 453. The molecule has 0 atom stereocenters. The monoisotopic (exact) mass is 257 g/mol. The number of benzene rings is 1. The zero-order valence-electron chi connectivity index (χ0n) is 12.2. The summed E-state index contributed by atoms with van der Waals surface area (Å²) in [6.45, 7) is 11.5. The highest BCUT2D eigenvalue weighted by Crippen LogP contribution is 2.04. The minimum absolute atomic E-state index is 0.105. The number of hydrogen-bond acceptors (Lipinski definition) is 1. The van der Waals surface area contributed by atoms with Gasteiger partial charge in [-0.15, -0.1) is 0 Å². The molecule has 0 spiro atoms. The van der Waals surface area contributed by atoms with E-state index in [1.54, 1.807) is 18.2 Å². The van der Waals surface area contributed by atoms with Crippen molar-refractivity contribution in [2.24, 2.45) is 0 Å². The molecule has 2 nitrogen and oxygen atoms in total. The molecule has 0 aliphatic heterocycles. The molecule has 0 bridgehead atoms. The Balaban J connectivity index is 0.00000154. The molecule has 0 heterocycles. The zero-order chi connectivity index (χ0) is 14.7. The molecule has 1 aromatic carbocycles. The number of nitrogens with one attached hydrogen (secondary N) is 1. The summed E-state index contributed by atoms with van der Waals surface area (Å²) < 4.78 is 0. The van der Waals surface area contributed by atoms with Gasteiger partial charge in [0.25, 0.3) is 5.91 Å². The van der Waals surface area contributed by atoms with Crippen LogP contribution in [0.1, 0.15) is 36.7 Å². The Labute approximate surface area is 116 Å². The van der Waals surface area contributed by atoms with Crippen LogP contribution in [0.15, 0.2) is 60.8 Å². The second kappa shape index (κ2) is 9.89. The fourth-order valence-electron chi connectivity index (χ4n) is 1.29. The van der Waals surface area contributed by atoms with E-state index in [4.69, 9.17) is 0 Å². The number of amides is 1. The third-order valence-electron chi connectivity index (χ3n) is 2.29. The predicted molar refractivity (Wildman–Crippen MR) is 83.1 cm³/mol. The summed E-state index contributed by atoms with van der Waals surface area (Å²) in [6, 6.07) is 7.47. The lowest BCUT2D eigenvalue weighted by atomic mass is 10.1. The molecule has 0 saturated heterocycles. The summed E-state index contributed by atoms with van der Waals surface area (Å²) in [5.74, 6) is -0.105. The van der Waals surface area contributed by atoms with Gasteiger partial charge in [0.2, 0.25) is 0 Å². The fraction of sp³-hybridized carbons (Fsp3) is 0.235. The first-order valence-corrected chi connectivity index (χ1v) is 6.51. The van der Waals surface area contributed by atoms with Crippen molar-refractivity contribution in [3.05, 3.63) is 72.0 Å². The summed E-state index contributed by atoms with van der Waals surface area (Å²) in [4.78, 5) is 11.9. The van der Waals surface area contributed by atoms with Crippen molar-refractivity contribution < 1.29 is 4.79 Å². The molecule has 0 aliphatic carbocycles. The van der Waals surface area contributed by atoms with Crippen molar-refractivity contribution in [1.82, 2.24) is 5.32 Å². The molecule has 2 heteroatoms. The van der Waals surface area contributed by atoms with Gasteiger partial charge in [-0.2, -0.15) is 0 Å². The molecule has 0 saturated carbocycles. The van der Waals surface area contributed by atoms with E-state index >= 15 is 0 Å². The van der Waals surface area contributed by atoms with E-state index in [1.807, 2.05) is 58.0 Å². The third kappa shape index (κ3) is 6.41. The first-order valence-electron chi connectivity index (χ1n) is 6.51. The van der Waals surface area contributed by atoms with Gasteiger partial charge in [-0.05, 0) is 32.1 Å². The van der Waals surface area contributed by atoms with Gasteiger partial charge in [0.15, 0.2) is 0 Å². The predicted octanol–water partition coefficient (Wildman–Crippen LogP) is 4.40. The van der Waals surface area contributed by atoms with Crippen LogP contribution in [0.4, 0.5) is 0 Å². The Hall–Kier alpha value is -2.09. The highest BCUT2D eigenvalue weighted by Gasteiger charge is 2.04. The van der Waals surface area contributed by atoms with Gasteiger partial charge < -0.3 is 5.32 Å². The SMILES string of the molecule is C=C/C=C\C(=C/C)NC(=O)c1ccc(C)cc1.CC. The van der Waals surface area contributed by atoms with Crippen LogP contribution in [0.2, 0.25) is 0 Å². The molecule has 0 fully saturated rings. The number of hydrogen-bond donors (Lipinski definition) is 1. The largest absolute Gasteiger partial charge is 0.322 e. The van der Waals surface area contributed by atoms with Crippen molar-refractivity contribution in [2.75, 3.05) is 0 Å². The number of aryl methyl sites for hydroxylation is 1. The van der Waals surface area contributed by atoms with Crippen molar-refractivity contribution in [3.8, 4) is 0 Å². The maximum Gasteiger partial charge on any atom is 0.255 e. The molecule has 1 amide bonds. The topological polar surface area (TPSA) is 29.1 Å². The van der Waals surface area contributed by atoms with Crippen molar-refractivity contribution >= 4 is 5.91 Å². The van der Waals surface area contributed by atoms with Crippen LogP contribution >= 0.6 is 0 Å². The van der Waals surface area contributed by atoms with Gasteiger partial charge in [-0.25, -0.2) is 0 Å². The van der Waals surface area contributed by atoms with Crippen LogP contribution in [0, 0.1) is 6.92 Å². The molecule has 0 unspecified atom stereocenters. The van der Waals surface area contributed by atoms with E-state index < -0.39 is 0 Å². The second-order valence-electron chi connectivity index (χ2n) is 3.66. The van der Waals surface area contributed by atoms with Crippen LogP contribution in [0.3, 0.4) is 0 Å². The molecule has 0 radical (unpaired) electrons. The van der Waals surface area contributed by atoms with Gasteiger partial charge in [0.1, 0.15) is 0 Å². The molecule has 0 aliphatic rings. The molecular formula is C17H23NO. The Morgan fingerprint density at radius 2 is 1.79 bits per heavy atom. The minimum atomic E-state index is -0.105. The highest BCUT2D eigenvalue weighted by molar-refractivity contribution is 5.95. The number of carbonyl (C=O) groups excluding carboxylic acids is 1. The number of carbonyl (C=O) groups is 1. The summed E-state index contributed by atoms with van der Waals surface area (Å²) in [6.07, 6.45) is 7.09. The second-order valence-corrected chi connectivity index (χ2v) is 3.66. The maximum absolute atomic E-state index is 11.9. The van der Waals surface area contributed by atoms with Crippen molar-refractivity contribution in [2.45, 2.75) is 27.7 Å². The van der Waals surface area contributed by atoms with Crippen LogP contribution in [0.5, 0.6) is 0 Å². The summed E-state index contributed by atoms with van der Waals surface area (Å²) in [5.41, 5.74) is 2.55. The van der Waals surface area contributed by atoms with Gasteiger partial charge in [-0.3, -0.25) is 4.79 Å². The van der Waals surface area contributed by atoms with E-state index in [0.717, 1.165) is 11.3 Å². The van der Waals surface area contributed by atoms with Crippen LogP contribution in [-0.2, 0) is 0 Å². The van der Waals surface area contributed by atoms with Crippen LogP contribution in [0.25, 0.3) is 0 Å². The summed E-state index contributed by atoms with van der Waals surface area (Å²) >= 11 is 0. The van der Waals surface area contributed by atoms with Crippen molar-refractivity contribution in [1.29, 1.82) is 0 Å². The normalized spacial score (nSPS) is 10.6. The van der Waals surface area contributed by atoms with Crippen molar-refractivity contribution in [3.63, 3.8) is 0 Å². The van der Waals surface area contributed by atoms with Gasteiger partial charge in [0, 0.05) is 11.3 Å². The molecule has 0 aromatic heterocycles. The third-order valence-corrected chi connectivity index (χ3v) is 2.29. The average Bonchev–Trinajstić information content (AvgIpc) is 2.46. The molecule has 1 aromatic rings. The lowest BCUT2D eigenvalue weighted by molar-refractivity contribution is 0.0967. The standard InChI is InChI=1S/C15H17NO.C2H6/c1-4-6-7-14(5-2)16-15(17)13-10-8-12(3)9-11-13;1-2/h4-11H,1H2,2-3H3,(H,16,17);1-2H3/b7-6-,14-5+;. The number of allylic oxidation sites excluding steroid dienone is 4. The average molecular weight is 257 g/mol. The van der Waals surface area contributed by atoms with E-state index in [2.05, 4.69) is 11.9 Å². The lowest BCUT2D eigenvalue weighted by Gasteiger charge is -2.05. The summed E-state index contributed by atoms with van der Waals surface area (Å²) in [7, 11) is 0. The molecular weight excluding hydrogens is 234 g/mol. The van der Waals surface area contributed by atoms with Crippen LogP contribution < -0.4 is 5.32 Å². The van der Waals surface area contributed by atoms with E-state index in [-0.39, 0.29) is 5.91 Å². The number of rotatable bonds is 4. The summed E-state index contributed by atoms with van der Waals surface area (Å²) in [5, 5.41) is 2.82. The van der Waals surface area contributed by atoms with Gasteiger partial charge in [-0.1, -0.05) is 56.4 Å². The highest BCUT2D eigenvalue weighted by atomic mass is 16.1. The Kier molecular flexibility index (Phi) is 8.80. The van der Waals surface area contributed by atoms with E-state index in [1.165, 1.54) is 0 Å². The maximum atomic E-state index is 11.9. The zero-order valence-corrected chi connectivity index (χ0v) is 12.2. The Morgan fingerprint density at radius 1 is 1.21 bits per heavy atom. The van der Waals surface area contributed by atoms with Crippen LogP contribution in [-0.4, -0.2) is 5.91 Å². The lowest BCUT2D eigenvalue weighted by Crippen LogP contribution is -2.21. The molecule has 19 heavy (non-hydrogen) atoms. The molecule has 1 N–H and O–H groups in total. The van der Waals surface area contributed by atoms with Gasteiger partial charge in [0.05, 0.1) is 0 Å². The first kappa shape index (κ1) is 16.9. The smallest absolute Gasteiger partial charge is 0.255 e. The van der Waals surface area contributed by atoms with E-state index in [9.17, 15) is 4.79 Å². The fourth-order valence-corrected chi connectivity index (χ4v) is 1.29. The molecule has 102 valence electrons.